The zero-order valence-electron chi connectivity index (χ0n) is 63.3. The molecule has 0 N–H and O–H groups in total. The van der Waals surface area contributed by atoms with Crippen molar-refractivity contribution >= 4 is 87.2 Å². The summed E-state index contributed by atoms with van der Waals surface area (Å²) in [5.74, 6) is 3.93. The van der Waals surface area contributed by atoms with Gasteiger partial charge in [0.2, 0.25) is 11.9 Å². The van der Waals surface area contributed by atoms with Crippen molar-refractivity contribution in [2.45, 2.75) is 0 Å². The van der Waals surface area contributed by atoms with Crippen LogP contribution in [-0.2, 0) is 0 Å². The average molecular weight is 1510 g/mol. The molecule has 550 valence electrons. The van der Waals surface area contributed by atoms with Crippen LogP contribution in [0.25, 0.3) is 224 Å². The summed E-state index contributed by atoms with van der Waals surface area (Å²) in [4.78, 5) is 47.3. The van der Waals surface area contributed by atoms with E-state index in [2.05, 4.69) is 328 Å². The molecule has 13 nitrogen and oxygen atoms in total. The summed E-state index contributed by atoms with van der Waals surface area (Å²) in [5.41, 5.74) is 24.6. The molecule has 0 saturated carbocycles. The quantitative estimate of drug-likeness (QED) is 0.104. The maximum absolute atomic E-state index is 5.39. The van der Waals surface area contributed by atoms with Gasteiger partial charge in [-0.2, -0.15) is 19.9 Å². The van der Waals surface area contributed by atoms with Crippen molar-refractivity contribution in [1.82, 2.24) is 63.1 Å². The molecule has 0 aliphatic rings. The molecule has 118 heavy (non-hydrogen) atoms. The predicted octanol–water partition coefficient (Wildman–Crippen LogP) is 25.3. The first-order valence-electron chi connectivity index (χ1n) is 39.5. The van der Waals surface area contributed by atoms with Crippen molar-refractivity contribution in [3.8, 4) is 136 Å². The standard InChI is InChI=1S/C105H65N13/c1-6-25-68(26-7-1)89-65-90(69-27-8-2-9-28-69)108-99(107-89)74-53-55-76(56-54-74)103-110-101(73-31-12-4-13-32-73)112-105(114-103)118-94-44-23-19-38-82(94)86-62-96-84(64-98(86)118)80-36-17-21-42-92(80)116(96)78-59-57-67(58-60-78)66-45-47-70(48-46-66)87-39-24-40-88(106-87)71-49-51-75(52-50-71)102-109-100(72-29-10-3-11-30-72)111-104(113-102)117-93-43-22-18-37-81(93)85-61-95-83(63-97(85)117)79-35-16-20-41-91(79)115(95)77-33-14-5-15-34-77/h1-65H. The summed E-state index contributed by atoms with van der Waals surface area (Å²) >= 11 is 0. The summed E-state index contributed by atoms with van der Waals surface area (Å²) < 4.78 is 9.16. The first-order chi connectivity index (χ1) is 58.5. The molecule has 0 spiro atoms. The number of aromatic nitrogens is 13. The minimum absolute atomic E-state index is 0.513. The summed E-state index contributed by atoms with van der Waals surface area (Å²) in [6, 6.07) is 138. The molecule has 23 rings (SSSR count). The monoisotopic (exact) mass is 1510 g/mol. The van der Waals surface area contributed by atoms with Gasteiger partial charge in [0.05, 0.1) is 66.9 Å². The lowest BCUT2D eigenvalue weighted by atomic mass is 10.0. The number of para-hydroxylation sites is 5. The zero-order chi connectivity index (χ0) is 77.7. The maximum atomic E-state index is 5.39. The molecule has 8 aromatic heterocycles. The lowest BCUT2D eigenvalue weighted by Crippen LogP contribution is -2.06. The molecule has 15 aromatic carbocycles. The third-order valence-corrected chi connectivity index (χ3v) is 22.8. The fourth-order valence-corrected chi connectivity index (χ4v) is 17.1. The Morgan fingerprint density at radius 1 is 0.136 bits per heavy atom. The topological polar surface area (TPSA) is 136 Å². The molecular formula is C105H65N13. The second-order valence-electron chi connectivity index (χ2n) is 29.7. The molecule has 0 atom stereocenters. The van der Waals surface area contributed by atoms with Crippen LogP contribution in [0.5, 0.6) is 0 Å². The lowest BCUT2D eigenvalue weighted by Gasteiger charge is -2.12. The molecule has 0 bridgehead atoms. The van der Waals surface area contributed by atoms with E-state index in [0.29, 0.717) is 41.0 Å². The highest BCUT2D eigenvalue weighted by atomic mass is 15.2. The first-order valence-corrected chi connectivity index (χ1v) is 39.5. The molecule has 0 aliphatic heterocycles. The van der Waals surface area contributed by atoms with Crippen LogP contribution in [0.15, 0.2) is 394 Å². The number of fused-ring (bicyclic) bond motifs is 12. The molecule has 23 aromatic rings. The molecule has 8 heterocycles. The van der Waals surface area contributed by atoms with Crippen LogP contribution in [0.3, 0.4) is 0 Å². The maximum Gasteiger partial charge on any atom is 0.238 e. The van der Waals surface area contributed by atoms with Gasteiger partial charge in [-0.3, -0.25) is 9.13 Å². The number of benzene rings is 15. The van der Waals surface area contributed by atoms with E-state index >= 15 is 0 Å². The van der Waals surface area contributed by atoms with Gasteiger partial charge in [-0.1, -0.05) is 303 Å². The Kier molecular flexibility index (Phi) is 15.9. The number of hydrogen-bond acceptors (Lipinski definition) is 9. The van der Waals surface area contributed by atoms with Crippen LogP contribution in [0.4, 0.5) is 0 Å². The summed E-state index contributed by atoms with van der Waals surface area (Å²) in [6.45, 7) is 0. The van der Waals surface area contributed by atoms with Crippen LogP contribution in [-0.4, -0.2) is 63.1 Å². The van der Waals surface area contributed by atoms with Gasteiger partial charge in [-0.15, -0.1) is 0 Å². The largest absolute Gasteiger partial charge is 0.309 e. The van der Waals surface area contributed by atoms with Crippen LogP contribution >= 0.6 is 0 Å². The molecule has 0 fully saturated rings. The van der Waals surface area contributed by atoms with Gasteiger partial charge in [-0.05, 0) is 102 Å². The van der Waals surface area contributed by atoms with E-state index in [1.54, 1.807) is 0 Å². The fourth-order valence-electron chi connectivity index (χ4n) is 17.1. The Balaban J connectivity index is 0.548. The van der Waals surface area contributed by atoms with Gasteiger partial charge < -0.3 is 9.13 Å². The second kappa shape index (κ2) is 27.8. The van der Waals surface area contributed by atoms with Crippen molar-refractivity contribution in [3.05, 3.63) is 394 Å². The third-order valence-electron chi connectivity index (χ3n) is 22.8. The van der Waals surface area contributed by atoms with Crippen LogP contribution in [0, 0.1) is 0 Å². The summed E-state index contributed by atoms with van der Waals surface area (Å²) in [5, 5.41) is 8.95. The first kappa shape index (κ1) is 67.4. The van der Waals surface area contributed by atoms with Gasteiger partial charge in [-0.25, -0.2) is 24.9 Å². The molecule has 0 amide bonds. The fraction of sp³-hybridized carbons (Fsp3) is 0. The van der Waals surface area contributed by atoms with Crippen molar-refractivity contribution in [2.24, 2.45) is 0 Å². The van der Waals surface area contributed by atoms with Gasteiger partial charge >= 0.3 is 0 Å². The number of hydrogen-bond donors (Lipinski definition) is 0. The van der Waals surface area contributed by atoms with E-state index < -0.39 is 0 Å². The van der Waals surface area contributed by atoms with Gasteiger partial charge in [0.1, 0.15) is 0 Å². The van der Waals surface area contributed by atoms with E-state index in [9.17, 15) is 0 Å². The second-order valence-corrected chi connectivity index (χ2v) is 29.7. The van der Waals surface area contributed by atoms with Crippen molar-refractivity contribution in [2.75, 3.05) is 0 Å². The highest BCUT2D eigenvalue weighted by molar-refractivity contribution is 6.21. The average Bonchev–Trinajstić information content (AvgIpc) is 1.56. The van der Waals surface area contributed by atoms with Crippen molar-refractivity contribution in [1.29, 1.82) is 0 Å². The zero-order valence-corrected chi connectivity index (χ0v) is 63.3. The van der Waals surface area contributed by atoms with E-state index in [1.165, 1.54) is 5.39 Å². The van der Waals surface area contributed by atoms with E-state index in [1.807, 2.05) is 84.9 Å². The summed E-state index contributed by atoms with van der Waals surface area (Å²) in [7, 11) is 0. The number of pyridine rings is 1. The highest BCUT2D eigenvalue weighted by Gasteiger charge is 2.25. The van der Waals surface area contributed by atoms with E-state index in [-0.39, 0.29) is 0 Å². The van der Waals surface area contributed by atoms with Crippen molar-refractivity contribution < 1.29 is 0 Å². The molecule has 13 heteroatoms. The van der Waals surface area contributed by atoms with E-state index in [4.69, 9.17) is 44.9 Å². The Hall–Kier alpha value is -16.3. The molecule has 0 unspecified atom stereocenters. The van der Waals surface area contributed by atoms with Gasteiger partial charge in [0, 0.05) is 105 Å². The van der Waals surface area contributed by atoms with Gasteiger partial charge in [0.15, 0.2) is 29.1 Å². The smallest absolute Gasteiger partial charge is 0.238 e. The third kappa shape index (κ3) is 11.6. The minimum atomic E-state index is 0.513. The Labute approximate surface area is 676 Å². The summed E-state index contributed by atoms with van der Waals surface area (Å²) in [6.07, 6.45) is 0. The van der Waals surface area contributed by atoms with Crippen molar-refractivity contribution in [3.63, 3.8) is 0 Å². The minimum Gasteiger partial charge on any atom is -0.309 e. The molecule has 0 aliphatic carbocycles. The van der Waals surface area contributed by atoms with Crippen LogP contribution in [0.2, 0.25) is 0 Å². The normalized spacial score (nSPS) is 11.7. The van der Waals surface area contributed by atoms with Crippen LogP contribution < -0.4 is 0 Å². The van der Waals surface area contributed by atoms with Crippen LogP contribution in [0.1, 0.15) is 0 Å². The lowest BCUT2D eigenvalue weighted by molar-refractivity contribution is 0.953. The number of nitrogens with zero attached hydrogens (tertiary/aromatic N) is 13. The Morgan fingerprint density at radius 3 is 0.754 bits per heavy atom. The Bertz CT molecular complexity index is 7800. The number of rotatable bonds is 14. The molecule has 0 radical (unpaired) electrons. The molecular weight excluding hydrogens is 1440 g/mol. The highest BCUT2D eigenvalue weighted by Crippen LogP contribution is 2.44. The SMILES string of the molecule is c1ccc(-c2cc(-c3ccccc3)nc(-c3ccc(-c4nc(-c5ccccc5)nc(-n5c6ccccc6c6cc7c(cc65)c5ccccc5n7-c5ccc(-c6ccc(-c7cccc(-c8ccc(-c9nc(-c%10ccccc%10)nc(-n%10c%11ccccc%11c%11cc%12c(cc%11%10)c%10ccccc%10n%12-c%10ccccc%10)n9)cc8)n7)cc6)cc5)n4)cc3)n2)cc1. The predicted molar refractivity (Wildman–Crippen MR) is 478 cm³/mol. The van der Waals surface area contributed by atoms with Gasteiger partial charge in [0.25, 0.3) is 0 Å². The Morgan fingerprint density at radius 2 is 0.390 bits per heavy atom. The van der Waals surface area contributed by atoms with E-state index in [0.717, 1.165) is 177 Å². The molecule has 0 saturated heterocycles.